The number of carbonyl (C=O) groups excluding carboxylic acids is 1. The molecule has 0 radical (unpaired) electrons. The molecular formula is C28H32F3N3O4SSi. The summed E-state index contributed by atoms with van der Waals surface area (Å²) in [6.45, 7) is 12.8. The number of carbonyl (C=O) groups is 1. The van der Waals surface area contributed by atoms with Crippen LogP contribution in [0.25, 0.3) is 16.0 Å². The predicted molar refractivity (Wildman–Crippen MR) is 151 cm³/mol. The van der Waals surface area contributed by atoms with Crippen LogP contribution in [-0.2, 0) is 21.9 Å². The number of hydrogen-bond donors (Lipinski definition) is 0. The van der Waals surface area contributed by atoms with Crippen molar-refractivity contribution < 1.29 is 31.9 Å². The van der Waals surface area contributed by atoms with Gasteiger partial charge in [0.1, 0.15) is 23.2 Å². The number of fused-ring (bicyclic) bond motifs is 1. The Morgan fingerprint density at radius 1 is 1.12 bits per heavy atom. The first-order chi connectivity index (χ1) is 18.6. The maximum atomic E-state index is 13.6. The average Bonchev–Trinajstić information content (AvgIpc) is 3.49. The number of ether oxygens (including phenoxy) is 2. The third kappa shape index (κ3) is 6.08. The van der Waals surface area contributed by atoms with Crippen molar-refractivity contribution in [3.8, 4) is 10.8 Å². The molecule has 7 nitrogen and oxygen atoms in total. The molecule has 214 valence electrons. The lowest BCUT2D eigenvalue weighted by molar-refractivity contribution is -0.139. The largest absolute Gasteiger partial charge is 0.484 e. The molecule has 0 amide bonds. The second-order valence-electron chi connectivity index (χ2n) is 10.9. The third-order valence-corrected chi connectivity index (χ3v) is 12.8. The number of halogens is 3. The predicted octanol–water partition coefficient (Wildman–Crippen LogP) is 7.95. The molecule has 0 aliphatic heterocycles. The first-order valence-electron chi connectivity index (χ1n) is 12.6. The van der Waals surface area contributed by atoms with Crippen molar-refractivity contribution in [2.45, 2.75) is 64.7 Å². The van der Waals surface area contributed by atoms with Crippen LogP contribution in [0.4, 0.5) is 13.2 Å². The second kappa shape index (κ2) is 11.0. The summed E-state index contributed by atoms with van der Waals surface area (Å²) in [5.74, 6) is -0.541. The van der Waals surface area contributed by atoms with E-state index in [1.807, 2.05) is 6.07 Å². The Balaban J connectivity index is 1.64. The van der Waals surface area contributed by atoms with Crippen molar-refractivity contribution in [1.82, 2.24) is 14.5 Å². The van der Waals surface area contributed by atoms with E-state index < -0.39 is 32.1 Å². The quantitative estimate of drug-likeness (QED) is 0.153. The van der Waals surface area contributed by atoms with Gasteiger partial charge in [0.05, 0.1) is 42.2 Å². The molecule has 1 atom stereocenters. The van der Waals surface area contributed by atoms with Crippen molar-refractivity contribution in [1.29, 1.82) is 0 Å². The Bertz CT molecular complexity index is 1530. The van der Waals surface area contributed by atoms with Crippen LogP contribution in [0.15, 0.2) is 48.9 Å². The summed E-state index contributed by atoms with van der Waals surface area (Å²) in [5, 5.41) is 0.641. The molecule has 3 aromatic heterocycles. The number of esters is 1. The lowest BCUT2D eigenvalue weighted by Gasteiger charge is -2.36. The number of aromatic nitrogens is 3. The zero-order valence-electron chi connectivity index (χ0n) is 23.4. The number of alkyl halides is 3. The van der Waals surface area contributed by atoms with Crippen LogP contribution >= 0.6 is 11.3 Å². The van der Waals surface area contributed by atoms with Crippen LogP contribution in [-0.4, -0.2) is 35.9 Å². The van der Waals surface area contributed by atoms with Gasteiger partial charge in [0.15, 0.2) is 13.2 Å². The van der Waals surface area contributed by atoms with Gasteiger partial charge in [-0.3, -0.25) is 9.55 Å². The standard InChI is InChI=1S/C28H32F3N3O4SSi/c1-17(19-10-8-9-11-20(19)28(29,30)31)38-23-13-24(39-25(23)26(35)36-5)34-16-33-21-12-18(32-14-22(21)34)15-37-40(6,7)27(2,3)4/h8-14,16-17H,15H2,1-7H3/t17-/m1/s1. The number of imidazole rings is 1. The molecule has 0 aliphatic rings. The SMILES string of the molecule is COC(=O)c1sc(-n2cnc3cc(CO[Si](C)(C)C(C)(C)C)ncc32)cc1O[C@H](C)c1ccccc1C(F)(F)F. The van der Waals surface area contributed by atoms with Crippen LogP contribution in [0.3, 0.4) is 0 Å². The monoisotopic (exact) mass is 591 g/mol. The molecular weight excluding hydrogens is 559 g/mol. The first-order valence-corrected chi connectivity index (χ1v) is 16.4. The highest BCUT2D eigenvalue weighted by Gasteiger charge is 2.37. The van der Waals surface area contributed by atoms with Gasteiger partial charge in [-0.2, -0.15) is 13.2 Å². The topological polar surface area (TPSA) is 75.5 Å². The zero-order chi connectivity index (χ0) is 29.5. The van der Waals surface area contributed by atoms with Gasteiger partial charge in [0.25, 0.3) is 0 Å². The molecule has 0 fully saturated rings. The number of methoxy groups -OCH3 is 1. The van der Waals surface area contributed by atoms with Gasteiger partial charge in [0.2, 0.25) is 0 Å². The molecule has 0 saturated heterocycles. The van der Waals surface area contributed by atoms with Crippen LogP contribution in [0.5, 0.6) is 5.75 Å². The number of pyridine rings is 1. The first kappa shape index (κ1) is 29.8. The molecule has 0 N–H and O–H groups in total. The molecule has 4 aromatic rings. The number of nitrogens with zero attached hydrogens (tertiary/aromatic N) is 3. The van der Waals surface area contributed by atoms with Gasteiger partial charge in [-0.05, 0) is 37.2 Å². The smallest absolute Gasteiger partial charge is 0.416 e. The Labute approximate surface area is 236 Å². The molecule has 40 heavy (non-hydrogen) atoms. The van der Waals surface area contributed by atoms with Crippen LogP contribution in [0, 0.1) is 0 Å². The van der Waals surface area contributed by atoms with E-state index in [0.717, 1.165) is 23.1 Å². The Morgan fingerprint density at radius 2 is 1.82 bits per heavy atom. The molecule has 0 bridgehead atoms. The molecule has 12 heteroatoms. The fraction of sp³-hybridized carbons (Fsp3) is 0.393. The molecule has 4 rings (SSSR count). The summed E-state index contributed by atoms with van der Waals surface area (Å²) in [6, 6.07) is 8.66. The molecule has 3 heterocycles. The minimum Gasteiger partial charge on any atom is -0.484 e. The van der Waals surface area contributed by atoms with E-state index in [1.54, 1.807) is 23.2 Å². The van der Waals surface area contributed by atoms with Gasteiger partial charge in [-0.1, -0.05) is 39.0 Å². The van der Waals surface area contributed by atoms with Gasteiger partial charge >= 0.3 is 12.1 Å². The number of hydrogen-bond acceptors (Lipinski definition) is 7. The van der Waals surface area contributed by atoms with E-state index in [1.165, 1.54) is 32.2 Å². The third-order valence-electron chi connectivity index (χ3n) is 7.18. The molecule has 0 aliphatic carbocycles. The van der Waals surface area contributed by atoms with Gasteiger partial charge < -0.3 is 13.9 Å². The van der Waals surface area contributed by atoms with E-state index in [2.05, 4.69) is 43.8 Å². The second-order valence-corrected chi connectivity index (χ2v) is 16.8. The minimum atomic E-state index is -4.55. The van der Waals surface area contributed by atoms with E-state index in [0.29, 0.717) is 22.6 Å². The van der Waals surface area contributed by atoms with Gasteiger partial charge in [-0.25, -0.2) is 9.78 Å². The summed E-state index contributed by atoms with van der Waals surface area (Å²) in [7, 11) is -0.723. The van der Waals surface area contributed by atoms with Crippen molar-refractivity contribution >= 4 is 36.7 Å². The average molecular weight is 592 g/mol. The Kier molecular flexibility index (Phi) is 8.17. The molecule has 0 saturated carbocycles. The summed E-state index contributed by atoms with van der Waals surface area (Å²) in [6.07, 6.45) is -2.25. The highest BCUT2D eigenvalue weighted by Crippen LogP contribution is 2.40. The molecule has 0 unspecified atom stereocenters. The normalized spacial score (nSPS) is 13.4. The van der Waals surface area contributed by atoms with Crippen molar-refractivity contribution in [2.24, 2.45) is 0 Å². The minimum absolute atomic E-state index is 0.0386. The van der Waals surface area contributed by atoms with E-state index in [-0.39, 0.29) is 21.2 Å². The fourth-order valence-corrected chi connectivity index (χ4v) is 5.78. The maximum absolute atomic E-state index is 13.6. The van der Waals surface area contributed by atoms with Crippen LogP contribution in [0.2, 0.25) is 18.1 Å². The van der Waals surface area contributed by atoms with Gasteiger partial charge in [0, 0.05) is 11.6 Å². The Morgan fingerprint density at radius 3 is 2.48 bits per heavy atom. The summed E-state index contributed by atoms with van der Waals surface area (Å²) in [4.78, 5) is 21.8. The lowest BCUT2D eigenvalue weighted by Crippen LogP contribution is -2.40. The summed E-state index contributed by atoms with van der Waals surface area (Å²) in [5.41, 5.74) is 1.30. The van der Waals surface area contributed by atoms with Gasteiger partial charge in [-0.15, -0.1) is 11.3 Å². The van der Waals surface area contributed by atoms with Crippen molar-refractivity contribution in [3.63, 3.8) is 0 Å². The number of thiophene rings is 1. The van der Waals surface area contributed by atoms with E-state index >= 15 is 0 Å². The van der Waals surface area contributed by atoms with Crippen LogP contribution < -0.4 is 4.74 Å². The van der Waals surface area contributed by atoms with E-state index in [9.17, 15) is 18.0 Å². The Hall–Kier alpha value is -3.22. The van der Waals surface area contributed by atoms with Crippen LogP contribution in [0.1, 0.15) is 60.3 Å². The van der Waals surface area contributed by atoms with E-state index in [4.69, 9.17) is 13.9 Å². The lowest BCUT2D eigenvalue weighted by atomic mass is 10.0. The molecule has 0 spiro atoms. The number of rotatable bonds is 8. The van der Waals surface area contributed by atoms with Crippen molar-refractivity contribution in [3.05, 3.63) is 70.6 Å². The number of benzene rings is 1. The highest BCUT2D eigenvalue weighted by atomic mass is 32.1. The molecule has 1 aromatic carbocycles. The summed E-state index contributed by atoms with van der Waals surface area (Å²) < 4.78 is 59.6. The zero-order valence-corrected chi connectivity index (χ0v) is 25.2. The summed E-state index contributed by atoms with van der Waals surface area (Å²) >= 11 is 1.09. The van der Waals surface area contributed by atoms with Crippen molar-refractivity contribution in [2.75, 3.05) is 7.11 Å². The highest BCUT2D eigenvalue weighted by molar-refractivity contribution is 7.16. The fourth-order valence-electron chi connectivity index (χ4n) is 3.84. The maximum Gasteiger partial charge on any atom is 0.416 e.